The van der Waals surface area contributed by atoms with Crippen LogP contribution in [0.1, 0.15) is 19.3 Å². The molecule has 0 spiro atoms. The van der Waals surface area contributed by atoms with E-state index >= 15 is 0 Å². The molecule has 0 aromatic carbocycles. The van der Waals surface area contributed by atoms with Gasteiger partial charge in [0.25, 0.3) is 0 Å². The van der Waals surface area contributed by atoms with Crippen molar-refractivity contribution in [2.45, 2.75) is 25.4 Å². The van der Waals surface area contributed by atoms with E-state index in [4.69, 9.17) is 0 Å². The first kappa shape index (κ1) is 10.4. The Morgan fingerprint density at radius 1 is 1.62 bits per heavy atom. The summed E-state index contributed by atoms with van der Waals surface area (Å²) >= 11 is 0. The summed E-state index contributed by atoms with van der Waals surface area (Å²) in [5.41, 5.74) is 0. The molecule has 1 aliphatic rings. The molecule has 0 saturated carbocycles. The number of nitrogens with one attached hydrogen (secondary N) is 1. The molecule has 1 rings (SSSR count). The van der Waals surface area contributed by atoms with Crippen LogP contribution >= 0.6 is 0 Å². The maximum atomic E-state index is 13.1. The number of halogens is 1. The van der Waals surface area contributed by atoms with E-state index < -0.39 is 12.1 Å². The molecule has 0 aromatic heterocycles. The minimum atomic E-state index is -1.44. The van der Waals surface area contributed by atoms with E-state index in [1.807, 2.05) is 0 Å². The molecule has 1 unspecified atom stereocenters. The summed E-state index contributed by atoms with van der Waals surface area (Å²) in [7, 11) is 1.22. The van der Waals surface area contributed by atoms with Crippen LogP contribution in [0.25, 0.3) is 0 Å². The van der Waals surface area contributed by atoms with Crippen molar-refractivity contribution in [2.24, 2.45) is 5.92 Å². The number of hydrogen-bond donors (Lipinski definition) is 1. The Morgan fingerprint density at radius 2 is 2.23 bits per heavy atom. The van der Waals surface area contributed by atoms with Gasteiger partial charge in [0.05, 0.1) is 7.11 Å². The Balaban J connectivity index is 2.25. The summed E-state index contributed by atoms with van der Waals surface area (Å²) in [6.45, 7) is 1.86. The van der Waals surface area contributed by atoms with Crippen LogP contribution in [0.5, 0.6) is 0 Å². The summed E-state index contributed by atoms with van der Waals surface area (Å²) in [5, 5.41) is 3.19. The van der Waals surface area contributed by atoms with Gasteiger partial charge in [-0.15, -0.1) is 0 Å². The predicted octanol–water partition coefficient (Wildman–Crippen LogP) is 0.887. The highest BCUT2D eigenvalue weighted by atomic mass is 19.1. The van der Waals surface area contributed by atoms with Gasteiger partial charge in [0.1, 0.15) is 0 Å². The van der Waals surface area contributed by atoms with Crippen molar-refractivity contribution >= 4 is 5.97 Å². The lowest BCUT2D eigenvalue weighted by molar-refractivity contribution is -0.147. The number of esters is 1. The van der Waals surface area contributed by atoms with E-state index in [0.29, 0.717) is 12.3 Å². The number of alkyl halides is 1. The van der Waals surface area contributed by atoms with Crippen LogP contribution in [-0.4, -0.2) is 32.3 Å². The van der Waals surface area contributed by atoms with Gasteiger partial charge in [-0.1, -0.05) is 0 Å². The van der Waals surface area contributed by atoms with Crippen molar-refractivity contribution in [3.05, 3.63) is 0 Å². The van der Waals surface area contributed by atoms with E-state index in [1.54, 1.807) is 0 Å². The molecule has 1 atom stereocenters. The molecule has 4 heteroatoms. The average molecular weight is 189 g/mol. The van der Waals surface area contributed by atoms with Crippen molar-refractivity contribution in [3.63, 3.8) is 0 Å². The maximum absolute atomic E-state index is 13.1. The third-order valence-corrected chi connectivity index (χ3v) is 2.46. The molecule has 0 amide bonds. The van der Waals surface area contributed by atoms with Crippen LogP contribution in [0.3, 0.4) is 0 Å². The lowest BCUT2D eigenvalue weighted by atomic mass is 9.92. The number of carbonyl (C=O) groups excluding carboxylic acids is 1. The lowest BCUT2D eigenvalue weighted by Crippen LogP contribution is -2.30. The first-order chi connectivity index (χ1) is 6.24. The summed E-state index contributed by atoms with van der Waals surface area (Å²) in [6, 6.07) is 0. The largest absolute Gasteiger partial charge is 0.467 e. The van der Waals surface area contributed by atoms with E-state index in [9.17, 15) is 9.18 Å². The van der Waals surface area contributed by atoms with E-state index in [2.05, 4.69) is 10.1 Å². The molecule has 1 aliphatic heterocycles. The highest BCUT2D eigenvalue weighted by Crippen LogP contribution is 2.19. The first-order valence-corrected chi connectivity index (χ1v) is 4.66. The van der Waals surface area contributed by atoms with Gasteiger partial charge in [0.15, 0.2) is 6.17 Å². The standard InChI is InChI=1S/C9H16FNO2/c1-13-9(12)8(10)6-7-2-4-11-5-3-7/h7-8,11H,2-6H2,1H3. The van der Waals surface area contributed by atoms with Gasteiger partial charge in [0, 0.05) is 0 Å². The molecule has 0 aromatic rings. The van der Waals surface area contributed by atoms with Crippen LogP contribution in [0.2, 0.25) is 0 Å². The van der Waals surface area contributed by atoms with Crippen molar-refractivity contribution < 1.29 is 13.9 Å². The van der Waals surface area contributed by atoms with Crippen LogP contribution < -0.4 is 5.32 Å². The number of rotatable bonds is 3. The van der Waals surface area contributed by atoms with Crippen LogP contribution in [0.4, 0.5) is 4.39 Å². The summed E-state index contributed by atoms with van der Waals surface area (Å²) in [6.07, 6.45) is 0.788. The van der Waals surface area contributed by atoms with Gasteiger partial charge >= 0.3 is 5.97 Å². The second-order valence-electron chi connectivity index (χ2n) is 3.42. The van der Waals surface area contributed by atoms with E-state index in [1.165, 1.54) is 7.11 Å². The van der Waals surface area contributed by atoms with Gasteiger partial charge in [-0.3, -0.25) is 0 Å². The molecule has 76 valence electrons. The van der Waals surface area contributed by atoms with Crippen LogP contribution in [0, 0.1) is 5.92 Å². The predicted molar refractivity (Wildman–Crippen MR) is 47.1 cm³/mol. The van der Waals surface area contributed by atoms with E-state index in [-0.39, 0.29) is 0 Å². The van der Waals surface area contributed by atoms with Crippen LogP contribution in [0.15, 0.2) is 0 Å². The fraction of sp³-hybridized carbons (Fsp3) is 0.889. The fourth-order valence-corrected chi connectivity index (χ4v) is 1.63. The normalized spacial score (nSPS) is 21.1. The van der Waals surface area contributed by atoms with Gasteiger partial charge in [0.2, 0.25) is 0 Å². The van der Waals surface area contributed by atoms with Crippen molar-refractivity contribution in [3.8, 4) is 0 Å². The summed E-state index contributed by atoms with van der Waals surface area (Å²) in [5.74, 6) is -0.408. The zero-order valence-corrected chi connectivity index (χ0v) is 7.88. The Bertz CT molecular complexity index is 169. The smallest absolute Gasteiger partial charge is 0.340 e. The number of piperidine rings is 1. The molecular formula is C9H16FNO2. The van der Waals surface area contributed by atoms with Gasteiger partial charge in [-0.2, -0.15) is 0 Å². The fourth-order valence-electron chi connectivity index (χ4n) is 1.63. The molecule has 0 aliphatic carbocycles. The number of ether oxygens (including phenoxy) is 1. The van der Waals surface area contributed by atoms with Gasteiger partial charge < -0.3 is 10.1 Å². The molecule has 1 N–H and O–H groups in total. The minimum absolute atomic E-state index is 0.314. The first-order valence-electron chi connectivity index (χ1n) is 4.66. The summed E-state index contributed by atoms with van der Waals surface area (Å²) in [4.78, 5) is 10.8. The summed E-state index contributed by atoms with van der Waals surface area (Å²) < 4.78 is 17.4. The molecule has 13 heavy (non-hydrogen) atoms. The lowest BCUT2D eigenvalue weighted by Gasteiger charge is -2.23. The van der Waals surface area contributed by atoms with Crippen molar-refractivity contribution in [1.82, 2.24) is 5.32 Å². The number of hydrogen-bond acceptors (Lipinski definition) is 3. The van der Waals surface area contributed by atoms with Crippen molar-refractivity contribution in [2.75, 3.05) is 20.2 Å². The Morgan fingerprint density at radius 3 is 2.77 bits per heavy atom. The highest BCUT2D eigenvalue weighted by molar-refractivity contribution is 5.74. The molecule has 1 saturated heterocycles. The van der Waals surface area contributed by atoms with Crippen LogP contribution in [-0.2, 0) is 9.53 Å². The molecule has 0 bridgehead atoms. The highest BCUT2D eigenvalue weighted by Gasteiger charge is 2.23. The number of carbonyl (C=O) groups is 1. The second kappa shape index (κ2) is 5.17. The minimum Gasteiger partial charge on any atom is -0.467 e. The number of methoxy groups -OCH3 is 1. The average Bonchev–Trinajstić information content (AvgIpc) is 2.18. The maximum Gasteiger partial charge on any atom is 0.340 e. The third-order valence-electron chi connectivity index (χ3n) is 2.46. The molecular weight excluding hydrogens is 173 g/mol. The molecule has 0 radical (unpaired) electrons. The van der Waals surface area contributed by atoms with Gasteiger partial charge in [-0.25, -0.2) is 9.18 Å². The Kier molecular flexibility index (Phi) is 4.15. The quantitative estimate of drug-likeness (QED) is 0.670. The SMILES string of the molecule is COC(=O)C(F)CC1CCNCC1. The molecule has 1 fully saturated rings. The Labute approximate surface area is 77.6 Å². The third kappa shape index (κ3) is 3.30. The molecule has 1 heterocycles. The van der Waals surface area contributed by atoms with Crippen molar-refractivity contribution in [1.29, 1.82) is 0 Å². The second-order valence-corrected chi connectivity index (χ2v) is 3.42. The monoisotopic (exact) mass is 189 g/mol. The Hall–Kier alpha value is -0.640. The topological polar surface area (TPSA) is 38.3 Å². The zero-order chi connectivity index (χ0) is 9.68. The molecule has 3 nitrogen and oxygen atoms in total. The zero-order valence-electron chi connectivity index (χ0n) is 7.88. The van der Waals surface area contributed by atoms with Gasteiger partial charge in [-0.05, 0) is 38.3 Å². The van der Waals surface area contributed by atoms with E-state index in [0.717, 1.165) is 25.9 Å².